The number of benzene rings is 2. The first-order chi connectivity index (χ1) is 9.45. The molecule has 0 aliphatic rings. The van der Waals surface area contributed by atoms with Crippen LogP contribution < -0.4 is 10.5 Å². The predicted molar refractivity (Wildman–Crippen MR) is 85.1 cm³/mol. The summed E-state index contributed by atoms with van der Waals surface area (Å²) < 4.78 is 5.93. The molecule has 20 heavy (non-hydrogen) atoms. The Labute approximate surface area is 129 Å². The molecule has 2 nitrogen and oxygen atoms in total. The molecule has 0 aliphatic carbocycles. The van der Waals surface area contributed by atoms with E-state index in [9.17, 15) is 0 Å². The van der Waals surface area contributed by atoms with Gasteiger partial charge < -0.3 is 10.5 Å². The van der Waals surface area contributed by atoms with E-state index in [0.29, 0.717) is 11.4 Å². The smallest absolute Gasteiger partial charge is 0.130 e. The second kappa shape index (κ2) is 6.49. The summed E-state index contributed by atoms with van der Waals surface area (Å²) in [6, 6.07) is 11.2. The summed E-state index contributed by atoms with van der Waals surface area (Å²) in [7, 11) is 0. The Kier molecular flexibility index (Phi) is 4.92. The van der Waals surface area contributed by atoms with Crippen LogP contribution in [0.25, 0.3) is 0 Å². The normalized spacial score (nSPS) is 12.2. The third-order valence-corrected chi connectivity index (χ3v) is 3.58. The molecule has 0 fully saturated rings. The summed E-state index contributed by atoms with van der Waals surface area (Å²) in [5.41, 5.74) is 7.84. The number of halogens is 2. The second-order valence-corrected chi connectivity index (χ2v) is 5.79. The molecule has 0 aliphatic heterocycles. The molecule has 0 amide bonds. The van der Waals surface area contributed by atoms with Crippen molar-refractivity contribution >= 4 is 23.2 Å². The van der Waals surface area contributed by atoms with Crippen LogP contribution in [-0.2, 0) is 6.42 Å². The van der Waals surface area contributed by atoms with Gasteiger partial charge in [-0.25, -0.2) is 0 Å². The molecule has 0 saturated heterocycles. The lowest BCUT2D eigenvalue weighted by Gasteiger charge is -2.14. The number of aryl methyl sites for hydroxylation is 1. The maximum atomic E-state index is 6.04. The van der Waals surface area contributed by atoms with Gasteiger partial charge in [0.2, 0.25) is 0 Å². The minimum Gasteiger partial charge on any atom is -0.457 e. The Morgan fingerprint density at radius 2 is 1.90 bits per heavy atom. The highest BCUT2D eigenvalue weighted by Gasteiger charge is 2.09. The molecule has 4 heteroatoms. The summed E-state index contributed by atoms with van der Waals surface area (Å²) >= 11 is 12.1. The van der Waals surface area contributed by atoms with Gasteiger partial charge in [0.25, 0.3) is 0 Å². The van der Waals surface area contributed by atoms with Gasteiger partial charge >= 0.3 is 0 Å². The largest absolute Gasteiger partial charge is 0.457 e. The van der Waals surface area contributed by atoms with Gasteiger partial charge in [-0.3, -0.25) is 0 Å². The topological polar surface area (TPSA) is 35.2 Å². The van der Waals surface area contributed by atoms with Gasteiger partial charge in [0.15, 0.2) is 0 Å². The fourth-order valence-corrected chi connectivity index (χ4v) is 2.27. The first-order valence-corrected chi connectivity index (χ1v) is 7.19. The third-order valence-electron chi connectivity index (χ3n) is 2.92. The zero-order valence-corrected chi connectivity index (χ0v) is 13.0. The van der Waals surface area contributed by atoms with Crippen molar-refractivity contribution in [2.45, 2.75) is 26.3 Å². The van der Waals surface area contributed by atoms with Crippen LogP contribution in [0.2, 0.25) is 10.0 Å². The number of rotatable bonds is 4. The average Bonchev–Trinajstić information content (AvgIpc) is 2.36. The zero-order valence-electron chi connectivity index (χ0n) is 11.5. The molecular weight excluding hydrogens is 293 g/mol. The SMILES string of the molecule is Cc1cc(Oc2ccc(Cl)cc2CC(C)N)ccc1Cl. The summed E-state index contributed by atoms with van der Waals surface area (Å²) in [5.74, 6) is 1.52. The van der Waals surface area contributed by atoms with E-state index in [1.807, 2.05) is 50.2 Å². The molecule has 2 rings (SSSR count). The second-order valence-electron chi connectivity index (χ2n) is 4.95. The molecule has 0 heterocycles. The molecule has 2 N–H and O–H groups in total. The molecule has 1 atom stereocenters. The van der Waals surface area contributed by atoms with E-state index in [4.69, 9.17) is 33.7 Å². The highest BCUT2D eigenvalue weighted by molar-refractivity contribution is 6.31. The molecule has 0 aromatic heterocycles. The molecule has 2 aromatic rings. The first kappa shape index (κ1) is 15.2. The maximum Gasteiger partial charge on any atom is 0.130 e. The Hall–Kier alpha value is -1.22. The average molecular weight is 310 g/mol. The van der Waals surface area contributed by atoms with E-state index in [2.05, 4.69) is 0 Å². The quantitative estimate of drug-likeness (QED) is 0.864. The van der Waals surface area contributed by atoms with Crippen LogP contribution in [0.3, 0.4) is 0 Å². The summed E-state index contributed by atoms with van der Waals surface area (Å²) in [4.78, 5) is 0. The van der Waals surface area contributed by atoms with Crippen LogP contribution in [0, 0.1) is 6.92 Å². The van der Waals surface area contributed by atoms with Gasteiger partial charge in [0.05, 0.1) is 0 Å². The van der Waals surface area contributed by atoms with Gasteiger partial charge in [-0.1, -0.05) is 23.2 Å². The van der Waals surface area contributed by atoms with Gasteiger partial charge in [0.1, 0.15) is 11.5 Å². The van der Waals surface area contributed by atoms with Crippen molar-refractivity contribution in [2.24, 2.45) is 5.73 Å². The fraction of sp³-hybridized carbons (Fsp3) is 0.250. The van der Waals surface area contributed by atoms with Gasteiger partial charge in [0, 0.05) is 16.1 Å². The fourth-order valence-electron chi connectivity index (χ4n) is 1.96. The molecule has 0 bridgehead atoms. The van der Waals surface area contributed by atoms with Crippen LogP contribution in [0.1, 0.15) is 18.1 Å². The van der Waals surface area contributed by atoms with Gasteiger partial charge in [-0.05, 0) is 67.8 Å². The standard InChI is InChI=1S/C16H17Cl2NO/c1-10-7-14(4-5-15(10)18)20-16-6-3-13(17)9-12(16)8-11(2)19/h3-7,9,11H,8,19H2,1-2H3. The summed E-state index contributed by atoms with van der Waals surface area (Å²) in [6.45, 7) is 3.90. The van der Waals surface area contributed by atoms with Gasteiger partial charge in [-0.2, -0.15) is 0 Å². The first-order valence-electron chi connectivity index (χ1n) is 6.43. The van der Waals surface area contributed by atoms with E-state index < -0.39 is 0 Å². The third kappa shape index (κ3) is 3.89. The van der Waals surface area contributed by atoms with Crippen LogP contribution in [0.15, 0.2) is 36.4 Å². The van der Waals surface area contributed by atoms with Gasteiger partial charge in [-0.15, -0.1) is 0 Å². The van der Waals surface area contributed by atoms with Crippen molar-refractivity contribution in [3.63, 3.8) is 0 Å². The number of hydrogen-bond donors (Lipinski definition) is 1. The lowest BCUT2D eigenvalue weighted by atomic mass is 10.1. The molecule has 0 spiro atoms. The van der Waals surface area contributed by atoms with E-state index in [1.165, 1.54) is 0 Å². The van der Waals surface area contributed by atoms with Crippen LogP contribution in [0.4, 0.5) is 0 Å². The monoisotopic (exact) mass is 309 g/mol. The highest BCUT2D eigenvalue weighted by atomic mass is 35.5. The van der Waals surface area contributed by atoms with Crippen LogP contribution >= 0.6 is 23.2 Å². The number of ether oxygens (including phenoxy) is 1. The summed E-state index contributed by atoms with van der Waals surface area (Å²) in [6.07, 6.45) is 0.711. The van der Waals surface area contributed by atoms with Crippen molar-refractivity contribution in [1.82, 2.24) is 0 Å². The van der Waals surface area contributed by atoms with Crippen molar-refractivity contribution in [3.8, 4) is 11.5 Å². The van der Waals surface area contributed by atoms with E-state index in [-0.39, 0.29) is 6.04 Å². The van der Waals surface area contributed by atoms with E-state index in [0.717, 1.165) is 27.6 Å². The maximum absolute atomic E-state index is 6.04. The highest BCUT2D eigenvalue weighted by Crippen LogP contribution is 2.30. The lowest BCUT2D eigenvalue weighted by molar-refractivity contribution is 0.473. The molecular formula is C16H17Cl2NO. The molecule has 2 aromatic carbocycles. The lowest BCUT2D eigenvalue weighted by Crippen LogP contribution is -2.18. The Balaban J connectivity index is 2.30. The number of hydrogen-bond acceptors (Lipinski definition) is 2. The van der Waals surface area contributed by atoms with Crippen molar-refractivity contribution in [2.75, 3.05) is 0 Å². The van der Waals surface area contributed by atoms with Crippen molar-refractivity contribution in [3.05, 3.63) is 57.6 Å². The Morgan fingerprint density at radius 1 is 1.15 bits per heavy atom. The number of nitrogens with two attached hydrogens (primary N) is 1. The van der Waals surface area contributed by atoms with Crippen molar-refractivity contribution < 1.29 is 4.74 Å². The summed E-state index contributed by atoms with van der Waals surface area (Å²) in [5, 5.41) is 1.41. The molecule has 0 radical (unpaired) electrons. The Bertz CT molecular complexity index is 611. The Morgan fingerprint density at radius 3 is 2.55 bits per heavy atom. The van der Waals surface area contributed by atoms with Crippen LogP contribution in [-0.4, -0.2) is 6.04 Å². The van der Waals surface area contributed by atoms with E-state index in [1.54, 1.807) is 0 Å². The van der Waals surface area contributed by atoms with Crippen LogP contribution in [0.5, 0.6) is 11.5 Å². The van der Waals surface area contributed by atoms with Crippen molar-refractivity contribution in [1.29, 1.82) is 0 Å². The minimum absolute atomic E-state index is 0.0442. The predicted octanol–water partition coefficient (Wildman–Crippen LogP) is 4.98. The molecule has 106 valence electrons. The molecule has 1 unspecified atom stereocenters. The minimum atomic E-state index is 0.0442. The zero-order chi connectivity index (χ0) is 14.7. The van der Waals surface area contributed by atoms with E-state index >= 15 is 0 Å². The molecule has 0 saturated carbocycles.